The molecule has 0 aromatic heterocycles. The fraction of sp³-hybridized carbons (Fsp3) is 0.750. The number of carbonyl (C=O) groups excluding carboxylic acids is 3. The van der Waals surface area contributed by atoms with E-state index in [1.54, 1.807) is 0 Å². The summed E-state index contributed by atoms with van der Waals surface area (Å²) in [5.41, 5.74) is 10.1. The van der Waals surface area contributed by atoms with E-state index in [-0.39, 0.29) is 38.8 Å². The Labute approximate surface area is 129 Å². The van der Waals surface area contributed by atoms with E-state index < -0.39 is 12.2 Å². The van der Waals surface area contributed by atoms with Gasteiger partial charge in [0.05, 0.1) is 19.6 Å². The molecule has 0 radical (unpaired) electrons. The van der Waals surface area contributed by atoms with Gasteiger partial charge >= 0.3 is 12.2 Å². The number of primary amides is 1. The Morgan fingerprint density at radius 2 is 1.59 bits per heavy atom. The first kappa shape index (κ1) is 19.9. The van der Waals surface area contributed by atoms with Crippen molar-refractivity contribution < 1.29 is 23.9 Å². The molecular weight excluding hydrogens is 294 g/mol. The van der Waals surface area contributed by atoms with Gasteiger partial charge in [0.15, 0.2) is 0 Å². The Bertz CT molecular complexity index is 340. The molecule has 0 atom stereocenters. The lowest BCUT2D eigenvalue weighted by atomic mass is 10.3. The lowest BCUT2D eigenvalue weighted by Crippen LogP contribution is -2.37. The lowest BCUT2D eigenvalue weighted by Gasteiger charge is -2.08. The first-order chi connectivity index (χ1) is 10.6. The summed E-state index contributed by atoms with van der Waals surface area (Å²) in [6.07, 6.45) is 0.269. The zero-order valence-corrected chi connectivity index (χ0v) is 12.6. The number of amides is 3. The van der Waals surface area contributed by atoms with Gasteiger partial charge in [0.25, 0.3) is 0 Å². The predicted molar refractivity (Wildman–Crippen MR) is 79.1 cm³/mol. The first-order valence-corrected chi connectivity index (χ1v) is 7.06. The van der Waals surface area contributed by atoms with Gasteiger partial charge in [0.1, 0.15) is 13.2 Å². The Balaban J connectivity index is 3.37. The van der Waals surface area contributed by atoms with Gasteiger partial charge in [-0.1, -0.05) is 0 Å². The third-order valence-electron chi connectivity index (χ3n) is 2.37. The van der Waals surface area contributed by atoms with Crippen molar-refractivity contribution in [1.29, 1.82) is 0 Å². The average Bonchev–Trinajstić information content (AvgIpc) is 2.47. The van der Waals surface area contributed by atoms with Crippen molar-refractivity contribution in [2.45, 2.75) is 12.8 Å². The highest BCUT2D eigenvalue weighted by molar-refractivity contribution is 5.78. The van der Waals surface area contributed by atoms with Crippen LogP contribution in [0.4, 0.5) is 9.59 Å². The molecule has 0 aromatic rings. The highest BCUT2D eigenvalue weighted by atomic mass is 16.6. The van der Waals surface area contributed by atoms with Crippen molar-refractivity contribution in [2.24, 2.45) is 11.5 Å². The van der Waals surface area contributed by atoms with Crippen LogP contribution in [0.3, 0.4) is 0 Å². The van der Waals surface area contributed by atoms with Gasteiger partial charge in [-0.05, 0) is 25.9 Å². The molecule has 0 bridgehead atoms. The standard InChI is InChI=1S/C12H25N5O5/c13-3-1-2-4-15-9-10(18)16-5-8-22-12(20)17-6-7-21-11(14)19/h15H,1-9,13H2,(H2,14,19)(H,16,18)(H,17,20). The fourth-order valence-corrected chi connectivity index (χ4v) is 1.35. The largest absolute Gasteiger partial charge is 0.448 e. The number of hydrogen-bond acceptors (Lipinski definition) is 7. The van der Waals surface area contributed by atoms with E-state index in [0.717, 1.165) is 19.4 Å². The molecule has 0 saturated heterocycles. The summed E-state index contributed by atoms with van der Waals surface area (Å²) in [6.45, 7) is 1.91. The molecule has 3 amide bonds. The molecule has 0 aliphatic heterocycles. The lowest BCUT2D eigenvalue weighted by molar-refractivity contribution is -0.120. The highest BCUT2D eigenvalue weighted by Crippen LogP contribution is 1.82. The maximum Gasteiger partial charge on any atom is 0.407 e. The Hall–Kier alpha value is -2.07. The van der Waals surface area contributed by atoms with Gasteiger partial charge < -0.3 is 36.9 Å². The summed E-state index contributed by atoms with van der Waals surface area (Å²) in [7, 11) is 0. The van der Waals surface area contributed by atoms with Crippen LogP contribution in [0.5, 0.6) is 0 Å². The summed E-state index contributed by atoms with van der Waals surface area (Å²) in [5.74, 6) is -0.174. The van der Waals surface area contributed by atoms with Gasteiger partial charge in [-0.2, -0.15) is 0 Å². The van der Waals surface area contributed by atoms with Crippen molar-refractivity contribution in [3.05, 3.63) is 0 Å². The third kappa shape index (κ3) is 14.3. The normalized spacial score (nSPS) is 9.86. The molecule has 7 N–H and O–H groups in total. The van der Waals surface area contributed by atoms with Crippen molar-refractivity contribution >= 4 is 18.1 Å². The number of nitrogens with two attached hydrogens (primary N) is 2. The molecule has 0 aliphatic carbocycles. The van der Waals surface area contributed by atoms with E-state index in [9.17, 15) is 14.4 Å². The van der Waals surface area contributed by atoms with Gasteiger partial charge in [0.2, 0.25) is 5.91 Å². The van der Waals surface area contributed by atoms with Crippen LogP contribution in [-0.2, 0) is 14.3 Å². The molecule has 0 heterocycles. The smallest absolute Gasteiger partial charge is 0.407 e. The molecule has 10 nitrogen and oxygen atoms in total. The van der Waals surface area contributed by atoms with Crippen LogP contribution in [0.25, 0.3) is 0 Å². The molecule has 0 aromatic carbocycles. The molecule has 22 heavy (non-hydrogen) atoms. The number of ether oxygens (including phenoxy) is 2. The van der Waals surface area contributed by atoms with Crippen molar-refractivity contribution in [3.63, 3.8) is 0 Å². The van der Waals surface area contributed by atoms with Crippen molar-refractivity contribution in [3.8, 4) is 0 Å². The number of carbonyl (C=O) groups is 3. The molecule has 0 spiro atoms. The maximum atomic E-state index is 11.4. The second-order valence-electron chi connectivity index (χ2n) is 4.25. The van der Waals surface area contributed by atoms with E-state index in [1.807, 2.05) is 0 Å². The topological polar surface area (TPSA) is 158 Å². The van der Waals surface area contributed by atoms with E-state index in [4.69, 9.17) is 16.2 Å². The second-order valence-corrected chi connectivity index (χ2v) is 4.25. The molecule has 10 heteroatoms. The summed E-state index contributed by atoms with van der Waals surface area (Å²) < 4.78 is 9.20. The van der Waals surface area contributed by atoms with Crippen LogP contribution in [0.1, 0.15) is 12.8 Å². The van der Waals surface area contributed by atoms with Gasteiger partial charge in [-0.3, -0.25) is 4.79 Å². The molecule has 0 saturated carbocycles. The van der Waals surface area contributed by atoms with Crippen LogP contribution in [0, 0.1) is 0 Å². The van der Waals surface area contributed by atoms with E-state index >= 15 is 0 Å². The Kier molecular flexibility index (Phi) is 12.6. The number of rotatable bonds is 12. The van der Waals surface area contributed by atoms with Gasteiger partial charge in [-0.25, -0.2) is 9.59 Å². The van der Waals surface area contributed by atoms with Crippen LogP contribution in [-0.4, -0.2) is 64.0 Å². The highest BCUT2D eigenvalue weighted by Gasteiger charge is 2.03. The summed E-state index contributed by atoms with van der Waals surface area (Å²) in [6, 6.07) is 0. The zero-order valence-electron chi connectivity index (χ0n) is 12.6. The minimum absolute atomic E-state index is 0.0308. The first-order valence-electron chi connectivity index (χ1n) is 7.06. The quantitative estimate of drug-likeness (QED) is 0.267. The van der Waals surface area contributed by atoms with Gasteiger partial charge in [-0.15, -0.1) is 0 Å². The second kappa shape index (κ2) is 13.9. The molecular formula is C12H25N5O5. The van der Waals surface area contributed by atoms with Crippen LogP contribution < -0.4 is 27.4 Å². The number of unbranched alkanes of at least 4 members (excludes halogenated alkanes) is 1. The molecule has 0 fully saturated rings. The molecule has 0 aliphatic rings. The predicted octanol–water partition coefficient (Wildman–Crippen LogP) is -1.75. The molecule has 0 unspecified atom stereocenters. The summed E-state index contributed by atoms with van der Waals surface area (Å²) in [4.78, 5) is 32.8. The molecule has 128 valence electrons. The van der Waals surface area contributed by atoms with E-state index in [2.05, 4.69) is 20.7 Å². The number of alkyl carbamates (subject to hydrolysis) is 1. The van der Waals surface area contributed by atoms with E-state index in [0.29, 0.717) is 6.54 Å². The Morgan fingerprint density at radius 1 is 0.909 bits per heavy atom. The number of hydrogen-bond donors (Lipinski definition) is 5. The monoisotopic (exact) mass is 319 g/mol. The summed E-state index contributed by atoms with van der Waals surface area (Å²) in [5, 5.41) is 7.92. The fourth-order valence-electron chi connectivity index (χ4n) is 1.35. The Morgan fingerprint density at radius 3 is 2.27 bits per heavy atom. The van der Waals surface area contributed by atoms with Crippen molar-refractivity contribution in [1.82, 2.24) is 16.0 Å². The summed E-state index contributed by atoms with van der Waals surface area (Å²) >= 11 is 0. The third-order valence-corrected chi connectivity index (χ3v) is 2.37. The number of nitrogens with one attached hydrogen (secondary N) is 3. The minimum atomic E-state index is -0.908. The van der Waals surface area contributed by atoms with E-state index in [1.165, 1.54) is 0 Å². The zero-order chi connectivity index (χ0) is 16.6. The van der Waals surface area contributed by atoms with Crippen LogP contribution >= 0.6 is 0 Å². The maximum absolute atomic E-state index is 11.4. The van der Waals surface area contributed by atoms with Crippen molar-refractivity contribution in [2.75, 3.05) is 45.9 Å². The van der Waals surface area contributed by atoms with Crippen LogP contribution in [0.15, 0.2) is 0 Å². The molecule has 0 rings (SSSR count). The minimum Gasteiger partial charge on any atom is -0.448 e. The SMILES string of the molecule is NCCCCNCC(=O)NCCOC(=O)NCCOC(N)=O. The van der Waals surface area contributed by atoms with Gasteiger partial charge in [0, 0.05) is 0 Å². The average molecular weight is 319 g/mol. The van der Waals surface area contributed by atoms with Crippen LogP contribution in [0.2, 0.25) is 0 Å².